The molecule has 0 amide bonds. The van der Waals surface area contributed by atoms with Crippen molar-refractivity contribution in [2.24, 2.45) is 11.5 Å². The van der Waals surface area contributed by atoms with Crippen LogP contribution in [-0.4, -0.2) is 45.9 Å². The van der Waals surface area contributed by atoms with Gasteiger partial charge in [-0.25, -0.2) is 0 Å². The Kier molecular flexibility index (Phi) is 18.0. The van der Waals surface area contributed by atoms with Crippen LogP contribution >= 0.6 is 0 Å². The van der Waals surface area contributed by atoms with Crippen molar-refractivity contribution in [2.75, 3.05) is 6.54 Å². The predicted octanol–water partition coefficient (Wildman–Crippen LogP) is 1.71. The SMILES string of the molecule is CCCCC[C@H](O)CCCC(=O)O.NCCCC[C@H](N)C(=O)O. The Balaban J connectivity index is 0. The number of hydrogen-bond donors (Lipinski definition) is 5. The van der Waals surface area contributed by atoms with E-state index in [-0.39, 0.29) is 12.5 Å². The molecule has 138 valence electrons. The second-order valence-electron chi connectivity index (χ2n) is 5.66. The van der Waals surface area contributed by atoms with Crippen molar-refractivity contribution in [2.45, 2.75) is 83.3 Å². The number of carbonyl (C=O) groups is 2. The van der Waals surface area contributed by atoms with Crippen molar-refractivity contribution < 1.29 is 24.9 Å². The van der Waals surface area contributed by atoms with Gasteiger partial charge in [0, 0.05) is 6.42 Å². The molecule has 0 heterocycles. The third-order valence-corrected chi connectivity index (χ3v) is 3.36. The van der Waals surface area contributed by atoms with E-state index in [0.29, 0.717) is 25.8 Å². The summed E-state index contributed by atoms with van der Waals surface area (Å²) in [5, 5.41) is 26.1. The van der Waals surface area contributed by atoms with E-state index < -0.39 is 18.0 Å². The molecule has 0 radical (unpaired) electrons. The number of rotatable bonds is 13. The van der Waals surface area contributed by atoms with Crippen molar-refractivity contribution in [1.29, 1.82) is 0 Å². The fourth-order valence-electron chi connectivity index (χ4n) is 1.90. The molecule has 7 nitrogen and oxygen atoms in total. The molecule has 0 unspecified atom stereocenters. The number of carboxylic acid groups (broad SMARTS) is 2. The number of carboxylic acids is 2. The molecule has 0 bridgehead atoms. The van der Waals surface area contributed by atoms with E-state index in [2.05, 4.69) is 6.92 Å². The van der Waals surface area contributed by atoms with Gasteiger partial charge >= 0.3 is 11.9 Å². The van der Waals surface area contributed by atoms with Gasteiger partial charge in [0.05, 0.1) is 6.10 Å². The summed E-state index contributed by atoms with van der Waals surface area (Å²) in [6.07, 6.45) is 7.41. The molecule has 23 heavy (non-hydrogen) atoms. The summed E-state index contributed by atoms with van der Waals surface area (Å²) in [6.45, 7) is 2.73. The first-order valence-corrected chi connectivity index (χ1v) is 8.43. The summed E-state index contributed by atoms with van der Waals surface area (Å²) >= 11 is 0. The van der Waals surface area contributed by atoms with E-state index in [1.165, 1.54) is 0 Å². The van der Waals surface area contributed by atoms with Gasteiger partial charge in [-0.2, -0.15) is 0 Å². The zero-order valence-corrected chi connectivity index (χ0v) is 14.2. The highest BCUT2D eigenvalue weighted by atomic mass is 16.4. The van der Waals surface area contributed by atoms with Crippen LogP contribution < -0.4 is 11.5 Å². The maximum absolute atomic E-state index is 10.2. The van der Waals surface area contributed by atoms with Crippen LogP contribution in [0, 0.1) is 0 Å². The third-order valence-electron chi connectivity index (χ3n) is 3.36. The zero-order valence-electron chi connectivity index (χ0n) is 14.2. The van der Waals surface area contributed by atoms with Gasteiger partial charge in [0.15, 0.2) is 0 Å². The topological polar surface area (TPSA) is 147 Å². The minimum Gasteiger partial charge on any atom is -0.481 e. The molecule has 7 heteroatoms. The second-order valence-corrected chi connectivity index (χ2v) is 5.66. The normalized spacial score (nSPS) is 12.9. The Hall–Kier alpha value is -1.18. The van der Waals surface area contributed by atoms with Gasteiger partial charge in [-0.05, 0) is 38.6 Å². The predicted molar refractivity (Wildman–Crippen MR) is 90.2 cm³/mol. The average molecular weight is 334 g/mol. The molecule has 0 fully saturated rings. The molecule has 2 atom stereocenters. The maximum Gasteiger partial charge on any atom is 0.320 e. The van der Waals surface area contributed by atoms with Crippen LogP contribution in [0.4, 0.5) is 0 Å². The Morgan fingerprint density at radius 2 is 1.52 bits per heavy atom. The van der Waals surface area contributed by atoms with E-state index in [4.69, 9.17) is 21.7 Å². The Morgan fingerprint density at radius 1 is 0.957 bits per heavy atom. The van der Waals surface area contributed by atoms with Gasteiger partial charge in [-0.15, -0.1) is 0 Å². The minimum atomic E-state index is -0.933. The van der Waals surface area contributed by atoms with E-state index in [1.54, 1.807) is 0 Å². The standard InChI is InChI=1S/C10H20O3.C6H14N2O2/c1-2-3-4-6-9(11)7-5-8-10(12)13;7-4-2-1-3-5(8)6(9)10/h9,11H,2-8H2,1H3,(H,12,13);5H,1-4,7-8H2,(H,9,10)/t9-;5-/m00/s1. The molecule has 0 aromatic rings. The maximum atomic E-state index is 10.2. The van der Waals surface area contributed by atoms with Crippen LogP contribution in [0.3, 0.4) is 0 Å². The van der Waals surface area contributed by atoms with Gasteiger partial charge < -0.3 is 26.8 Å². The van der Waals surface area contributed by atoms with Crippen molar-refractivity contribution in [3.05, 3.63) is 0 Å². The molecular weight excluding hydrogens is 300 g/mol. The molecular formula is C16H34N2O5. The van der Waals surface area contributed by atoms with E-state index in [9.17, 15) is 14.7 Å². The van der Waals surface area contributed by atoms with Gasteiger partial charge in [0.25, 0.3) is 0 Å². The Labute approximate surface area is 139 Å². The number of nitrogens with two attached hydrogens (primary N) is 2. The first-order valence-electron chi connectivity index (χ1n) is 8.43. The molecule has 7 N–H and O–H groups in total. The molecule has 0 saturated heterocycles. The molecule has 0 saturated carbocycles. The fraction of sp³-hybridized carbons (Fsp3) is 0.875. The van der Waals surface area contributed by atoms with E-state index in [0.717, 1.165) is 38.5 Å². The first-order chi connectivity index (χ1) is 10.8. The summed E-state index contributed by atoms with van der Waals surface area (Å²) in [5.74, 6) is -1.71. The summed E-state index contributed by atoms with van der Waals surface area (Å²) in [7, 11) is 0. The second kappa shape index (κ2) is 17.2. The molecule has 0 aromatic carbocycles. The highest BCUT2D eigenvalue weighted by Crippen LogP contribution is 2.09. The van der Waals surface area contributed by atoms with Crippen LogP contribution in [0.25, 0.3) is 0 Å². The highest BCUT2D eigenvalue weighted by Gasteiger charge is 2.09. The third kappa shape index (κ3) is 20.8. The van der Waals surface area contributed by atoms with E-state index >= 15 is 0 Å². The number of aliphatic hydroxyl groups excluding tert-OH is 1. The lowest BCUT2D eigenvalue weighted by Crippen LogP contribution is -2.29. The molecule has 0 aliphatic rings. The van der Waals surface area contributed by atoms with E-state index in [1.807, 2.05) is 0 Å². The molecule has 0 aliphatic heterocycles. The van der Waals surface area contributed by atoms with Gasteiger partial charge in [0.2, 0.25) is 0 Å². The quantitative estimate of drug-likeness (QED) is 0.322. The van der Waals surface area contributed by atoms with Crippen LogP contribution in [0.2, 0.25) is 0 Å². The summed E-state index contributed by atoms with van der Waals surface area (Å²) in [6, 6.07) is -0.716. The highest BCUT2D eigenvalue weighted by molar-refractivity contribution is 5.72. The summed E-state index contributed by atoms with van der Waals surface area (Å²) < 4.78 is 0. The largest absolute Gasteiger partial charge is 0.481 e. The fourth-order valence-corrected chi connectivity index (χ4v) is 1.90. The molecule has 0 rings (SSSR count). The number of unbranched alkanes of at least 4 members (excludes halogenated alkanes) is 3. The number of hydrogen-bond acceptors (Lipinski definition) is 5. The number of aliphatic carboxylic acids is 2. The van der Waals surface area contributed by atoms with Crippen LogP contribution in [-0.2, 0) is 9.59 Å². The number of aliphatic hydroxyl groups is 1. The molecule has 0 spiro atoms. The van der Waals surface area contributed by atoms with Gasteiger partial charge in [-0.1, -0.05) is 32.6 Å². The molecule has 0 aliphatic carbocycles. The monoisotopic (exact) mass is 334 g/mol. The first kappa shape index (κ1) is 24.1. The Bertz CT molecular complexity index is 300. The molecule has 0 aromatic heterocycles. The van der Waals surface area contributed by atoms with Crippen LogP contribution in [0.15, 0.2) is 0 Å². The lowest BCUT2D eigenvalue weighted by molar-refractivity contribution is -0.139. The smallest absolute Gasteiger partial charge is 0.320 e. The summed E-state index contributed by atoms with van der Waals surface area (Å²) in [5.41, 5.74) is 10.4. The average Bonchev–Trinajstić information content (AvgIpc) is 2.48. The lowest BCUT2D eigenvalue weighted by atomic mass is 10.1. The minimum absolute atomic E-state index is 0.171. The summed E-state index contributed by atoms with van der Waals surface area (Å²) in [4.78, 5) is 20.3. The lowest BCUT2D eigenvalue weighted by Gasteiger charge is -2.08. The zero-order chi connectivity index (χ0) is 18.1. The van der Waals surface area contributed by atoms with Crippen LogP contribution in [0.5, 0.6) is 0 Å². The Morgan fingerprint density at radius 3 is 2.00 bits per heavy atom. The van der Waals surface area contributed by atoms with Gasteiger partial charge in [-0.3, -0.25) is 9.59 Å². The van der Waals surface area contributed by atoms with Crippen molar-refractivity contribution in [1.82, 2.24) is 0 Å². The van der Waals surface area contributed by atoms with Crippen LogP contribution in [0.1, 0.15) is 71.1 Å². The van der Waals surface area contributed by atoms with Crippen molar-refractivity contribution >= 4 is 11.9 Å². The van der Waals surface area contributed by atoms with Gasteiger partial charge in [0.1, 0.15) is 6.04 Å². The van der Waals surface area contributed by atoms with Crippen molar-refractivity contribution in [3.8, 4) is 0 Å². The van der Waals surface area contributed by atoms with Crippen molar-refractivity contribution in [3.63, 3.8) is 0 Å².